The minimum absolute atomic E-state index is 0.166. The van der Waals surface area contributed by atoms with Crippen LogP contribution in [0.1, 0.15) is 28.6 Å². The van der Waals surface area contributed by atoms with Crippen LogP contribution in [0.5, 0.6) is 5.75 Å². The fourth-order valence-corrected chi connectivity index (χ4v) is 3.81. The van der Waals surface area contributed by atoms with Crippen LogP contribution < -0.4 is 10.3 Å². The van der Waals surface area contributed by atoms with Crippen LogP contribution in [0.4, 0.5) is 0 Å². The number of alkyl halides is 1. The molecule has 0 bridgehead atoms. The molecule has 1 unspecified atom stereocenters. The van der Waals surface area contributed by atoms with Gasteiger partial charge in [-0.3, -0.25) is 4.79 Å². The van der Waals surface area contributed by atoms with Crippen LogP contribution in [0.15, 0.2) is 23.0 Å². The van der Waals surface area contributed by atoms with Gasteiger partial charge in [-0.2, -0.15) is 0 Å². The number of fused-ring (bicyclic) bond motifs is 1. The van der Waals surface area contributed by atoms with E-state index in [-0.39, 0.29) is 10.9 Å². The van der Waals surface area contributed by atoms with Crippen LogP contribution in [-0.2, 0) is 0 Å². The van der Waals surface area contributed by atoms with Crippen molar-refractivity contribution in [3.8, 4) is 16.9 Å². The fourth-order valence-electron chi connectivity index (χ4n) is 2.67. The summed E-state index contributed by atoms with van der Waals surface area (Å²) in [5.74, 6) is 1.24. The molecule has 0 saturated carbocycles. The van der Waals surface area contributed by atoms with E-state index in [4.69, 9.17) is 16.3 Å². The molecule has 0 fully saturated rings. The molecule has 120 valence electrons. The molecule has 0 radical (unpaired) electrons. The molecule has 0 spiro atoms. The van der Waals surface area contributed by atoms with Gasteiger partial charge >= 0.3 is 0 Å². The van der Waals surface area contributed by atoms with Gasteiger partial charge in [0.2, 0.25) is 0 Å². The number of methoxy groups -OCH3 is 1. The van der Waals surface area contributed by atoms with Crippen molar-refractivity contribution in [2.24, 2.45) is 0 Å². The zero-order valence-electron chi connectivity index (χ0n) is 13.4. The summed E-state index contributed by atoms with van der Waals surface area (Å²) >= 11 is 7.56. The van der Waals surface area contributed by atoms with E-state index < -0.39 is 0 Å². The molecular formula is C17H17ClN2O2S. The number of thiophene rings is 1. The summed E-state index contributed by atoms with van der Waals surface area (Å²) in [6.45, 7) is 5.80. The predicted octanol–water partition coefficient (Wildman–Crippen LogP) is 4.58. The number of H-pyrrole nitrogens is 1. The Kier molecular flexibility index (Phi) is 4.17. The van der Waals surface area contributed by atoms with Gasteiger partial charge in [-0.05, 0) is 32.9 Å². The van der Waals surface area contributed by atoms with E-state index in [2.05, 4.69) is 9.97 Å². The second-order valence-corrected chi connectivity index (χ2v) is 7.34. The molecule has 0 saturated heterocycles. The lowest BCUT2D eigenvalue weighted by molar-refractivity contribution is 0.416. The summed E-state index contributed by atoms with van der Waals surface area (Å²) in [7, 11) is 1.63. The first kappa shape index (κ1) is 16.0. The third-order valence-corrected chi connectivity index (χ3v) is 4.96. The van der Waals surface area contributed by atoms with E-state index >= 15 is 0 Å². The molecule has 2 heterocycles. The molecule has 3 aromatic rings. The third-order valence-electron chi connectivity index (χ3n) is 3.76. The second-order valence-electron chi connectivity index (χ2n) is 5.48. The Bertz CT molecular complexity index is 944. The van der Waals surface area contributed by atoms with Crippen molar-refractivity contribution in [3.05, 3.63) is 44.8 Å². The molecular weight excluding hydrogens is 332 g/mol. The molecule has 4 nitrogen and oxygen atoms in total. The number of rotatable bonds is 3. The standard InChI is InChI=1S/C17H17ClN2O2S/c1-8-5-6-12(22-4)11(7-8)13-10(3)23-17-14(13)16(21)19-15(20-17)9(2)18/h5-7,9H,1-4H3,(H,19,20,21). The first-order chi connectivity index (χ1) is 10.9. The number of benzene rings is 1. The van der Waals surface area contributed by atoms with Gasteiger partial charge in [0.05, 0.1) is 17.9 Å². The molecule has 1 atom stereocenters. The Morgan fingerprint density at radius 1 is 1.35 bits per heavy atom. The SMILES string of the molecule is COc1ccc(C)cc1-c1c(C)sc2nc(C(C)Cl)[nH]c(=O)c12. The van der Waals surface area contributed by atoms with Crippen molar-refractivity contribution in [3.63, 3.8) is 0 Å². The number of halogens is 1. The van der Waals surface area contributed by atoms with Crippen molar-refractivity contribution >= 4 is 33.2 Å². The molecule has 0 aliphatic heterocycles. The summed E-state index contributed by atoms with van der Waals surface area (Å²) in [6.07, 6.45) is 0. The summed E-state index contributed by atoms with van der Waals surface area (Å²) in [6, 6.07) is 5.94. The lowest BCUT2D eigenvalue weighted by atomic mass is 10.0. The lowest BCUT2D eigenvalue weighted by Gasteiger charge is -2.10. The average molecular weight is 349 g/mol. The van der Waals surface area contributed by atoms with Crippen molar-refractivity contribution in [1.82, 2.24) is 9.97 Å². The van der Waals surface area contributed by atoms with Crippen molar-refractivity contribution in [2.45, 2.75) is 26.1 Å². The number of aromatic amines is 1. The van der Waals surface area contributed by atoms with Gasteiger partial charge in [-0.25, -0.2) is 4.98 Å². The van der Waals surface area contributed by atoms with Crippen molar-refractivity contribution in [2.75, 3.05) is 7.11 Å². The van der Waals surface area contributed by atoms with E-state index in [0.717, 1.165) is 27.3 Å². The van der Waals surface area contributed by atoms with Gasteiger partial charge < -0.3 is 9.72 Å². The number of hydrogen-bond donors (Lipinski definition) is 1. The lowest BCUT2D eigenvalue weighted by Crippen LogP contribution is -2.11. The quantitative estimate of drug-likeness (QED) is 0.705. The Morgan fingerprint density at radius 3 is 2.74 bits per heavy atom. The highest BCUT2D eigenvalue weighted by molar-refractivity contribution is 7.19. The number of ether oxygens (including phenoxy) is 1. The van der Waals surface area contributed by atoms with E-state index in [1.807, 2.05) is 32.0 Å². The van der Waals surface area contributed by atoms with Crippen LogP contribution in [0.2, 0.25) is 0 Å². The van der Waals surface area contributed by atoms with E-state index in [9.17, 15) is 4.79 Å². The highest BCUT2D eigenvalue weighted by atomic mass is 35.5. The van der Waals surface area contributed by atoms with Crippen LogP contribution in [0, 0.1) is 13.8 Å². The maximum absolute atomic E-state index is 12.6. The number of aromatic nitrogens is 2. The fraction of sp³-hybridized carbons (Fsp3) is 0.294. The van der Waals surface area contributed by atoms with Crippen LogP contribution in [-0.4, -0.2) is 17.1 Å². The first-order valence-electron chi connectivity index (χ1n) is 7.24. The maximum Gasteiger partial charge on any atom is 0.260 e. The van der Waals surface area contributed by atoms with E-state index in [0.29, 0.717) is 16.0 Å². The van der Waals surface area contributed by atoms with Crippen molar-refractivity contribution < 1.29 is 4.74 Å². The van der Waals surface area contributed by atoms with Crippen LogP contribution in [0.3, 0.4) is 0 Å². The zero-order valence-corrected chi connectivity index (χ0v) is 14.9. The summed E-state index contributed by atoms with van der Waals surface area (Å²) in [5.41, 5.74) is 2.73. The van der Waals surface area contributed by atoms with Crippen molar-refractivity contribution in [1.29, 1.82) is 0 Å². The highest BCUT2D eigenvalue weighted by Gasteiger charge is 2.20. The van der Waals surface area contributed by atoms with E-state index in [1.54, 1.807) is 14.0 Å². The topological polar surface area (TPSA) is 55.0 Å². The zero-order chi connectivity index (χ0) is 16.7. The van der Waals surface area contributed by atoms with Gasteiger partial charge in [-0.15, -0.1) is 22.9 Å². The Hall–Kier alpha value is -1.85. The van der Waals surface area contributed by atoms with E-state index in [1.165, 1.54) is 11.3 Å². The third kappa shape index (κ3) is 2.75. The average Bonchev–Trinajstić information content (AvgIpc) is 2.83. The minimum atomic E-state index is -0.341. The Balaban J connectivity index is 2.37. The Morgan fingerprint density at radius 2 is 2.09 bits per heavy atom. The molecule has 23 heavy (non-hydrogen) atoms. The number of hydrogen-bond acceptors (Lipinski definition) is 4. The van der Waals surface area contributed by atoms with Gasteiger partial charge in [0.25, 0.3) is 5.56 Å². The summed E-state index contributed by atoms with van der Waals surface area (Å²) in [4.78, 5) is 21.6. The maximum atomic E-state index is 12.6. The Labute approximate surface area is 143 Å². The first-order valence-corrected chi connectivity index (χ1v) is 8.50. The van der Waals surface area contributed by atoms with Crippen LogP contribution >= 0.6 is 22.9 Å². The number of aryl methyl sites for hydroxylation is 2. The molecule has 1 N–H and O–H groups in total. The molecule has 0 aliphatic carbocycles. The summed E-state index contributed by atoms with van der Waals surface area (Å²) in [5, 5.41) is 0.254. The molecule has 2 aromatic heterocycles. The van der Waals surface area contributed by atoms with Gasteiger partial charge in [0.1, 0.15) is 16.4 Å². The van der Waals surface area contributed by atoms with Crippen LogP contribution in [0.25, 0.3) is 21.3 Å². The molecule has 0 aliphatic rings. The number of nitrogens with zero attached hydrogens (tertiary/aromatic N) is 1. The minimum Gasteiger partial charge on any atom is -0.496 e. The van der Waals surface area contributed by atoms with Gasteiger partial charge in [-0.1, -0.05) is 11.6 Å². The largest absolute Gasteiger partial charge is 0.496 e. The highest BCUT2D eigenvalue weighted by Crippen LogP contribution is 2.40. The van der Waals surface area contributed by atoms with Gasteiger partial charge in [0.15, 0.2) is 0 Å². The molecule has 3 rings (SSSR count). The molecule has 0 amide bonds. The second kappa shape index (κ2) is 5.98. The molecule has 6 heteroatoms. The smallest absolute Gasteiger partial charge is 0.260 e. The van der Waals surface area contributed by atoms with Gasteiger partial charge in [0, 0.05) is 16.0 Å². The molecule has 1 aromatic carbocycles. The monoisotopic (exact) mass is 348 g/mol. The number of nitrogens with one attached hydrogen (secondary N) is 1. The normalized spacial score (nSPS) is 12.6. The predicted molar refractivity (Wildman–Crippen MR) is 96.0 cm³/mol. The summed E-state index contributed by atoms with van der Waals surface area (Å²) < 4.78 is 5.48.